The van der Waals surface area contributed by atoms with E-state index in [1.54, 1.807) is 19.4 Å². The average Bonchev–Trinajstić information content (AvgIpc) is 2.99. The fraction of sp³-hybridized carbons (Fsp3) is 0.400. The summed E-state index contributed by atoms with van der Waals surface area (Å²) in [5.74, 6) is -0.131. The predicted octanol–water partition coefficient (Wildman–Crippen LogP) is -0.0530. The number of ether oxygens (including phenoxy) is 1. The van der Waals surface area contributed by atoms with Crippen molar-refractivity contribution in [3.05, 3.63) is 29.9 Å². The van der Waals surface area contributed by atoms with Crippen LogP contribution in [-0.2, 0) is 11.2 Å². The molecule has 8 heteroatoms. The number of esters is 1. The highest BCUT2D eigenvalue weighted by Gasteiger charge is 2.17. The van der Waals surface area contributed by atoms with Crippen molar-refractivity contribution in [1.82, 2.24) is 25.1 Å². The lowest BCUT2D eigenvalue weighted by Crippen LogP contribution is -2.15. The second-order valence-corrected chi connectivity index (χ2v) is 3.65. The molecule has 4 N–H and O–H groups in total. The van der Waals surface area contributed by atoms with Gasteiger partial charge in [0.1, 0.15) is 5.82 Å². The maximum Gasteiger partial charge on any atom is 0.378 e. The highest BCUT2D eigenvalue weighted by Crippen LogP contribution is 2.10. The van der Waals surface area contributed by atoms with Crippen molar-refractivity contribution in [2.75, 3.05) is 6.61 Å². The number of nitrogens with zero attached hydrogens (tertiary/aromatic N) is 3. The topological polar surface area (TPSA) is 123 Å². The minimum absolute atomic E-state index is 0.00749. The Morgan fingerprint density at radius 2 is 2.44 bits per heavy atom. The molecule has 0 saturated heterocycles. The van der Waals surface area contributed by atoms with Gasteiger partial charge in [-0.1, -0.05) is 0 Å². The van der Waals surface area contributed by atoms with Crippen LogP contribution < -0.4 is 5.73 Å². The first-order valence-corrected chi connectivity index (χ1v) is 5.53. The van der Waals surface area contributed by atoms with Gasteiger partial charge in [-0.05, 0) is 6.92 Å². The van der Waals surface area contributed by atoms with Crippen molar-refractivity contribution in [1.29, 1.82) is 0 Å². The van der Waals surface area contributed by atoms with E-state index in [0.29, 0.717) is 12.2 Å². The van der Waals surface area contributed by atoms with Crippen LogP contribution in [0, 0.1) is 0 Å². The fourth-order valence-corrected chi connectivity index (χ4v) is 1.46. The van der Waals surface area contributed by atoms with Crippen LogP contribution in [-0.4, -0.2) is 37.7 Å². The van der Waals surface area contributed by atoms with E-state index in [1.165, 1.54) is 0 Å². The summed E-state index contributed by atoms with van der Waals surface area (Å²) in [4.78, 5) is 22.2. The van der Waals surface area contributed by atoms with Crippen LogP contribution in [0.1, 0.15) is 35.1 Å². The van der Waals surface area contributed by atoms with E-state index < -0.39 is 5.97 Å². The molecule has 0 radical (unpaired) electrons. The van der Waals surface area contributed by atoms with E-state index in [9.17, 15) is 4.79 Å². The molecule has 0 aliphatic carbocycles. The number of H-pyrrole nitrogens is 2. The standard InChI is InChI=1S/C10H14N6O2/c1-2-18-10(17)9-14-8(15-16-9)7(11)3-6-4-12-5-13-6/h4-5,7H,2-3,11H2,1H3,(H,12,13)(H,14,15,16)/t7-/m1/s1. The van der Waals surface area contributed by atoms with Gasteiger partial charge in [-0.25, -0.2) is 14.8 Å². The molecular formula is C10H14N6O2. The molecule has 96 valence electrons. The van der Waals surface area contributed by atoms with Crippen molar-refractivity contribution < 1.29 is 9.53 Å². The van der Waals surface area contributed by atoms with Gasteiger partial charge in [-0.15, -0.1) is 5.10 Å². The molecule has 0 unspecified atom stereocenters. The van der Waals surface area contributed by atoms with Gasteiger partial charge in [0.15, 0.2) is 0 Å². The van der Waals surface area contributed by atoms with E-state index in [-0.39, 0.29) is 18.5 Å². The molecule has 0 saturated carbocycles. The summed E-state index contributed by atoms with van der Waals surface area (Å²) in [7, 11) is 0. The molecule has 2 rings (SSSR count). The number of rotatable bonds is 5. The largest absolute Gasteiger partial charge is 0.460 e. The minimum atomic E-state index is -0.561. The quantitative estimate of drug-likeness (QED) is 0.639. The van der Waals surface area contributed by atoms with Crippen molar-refractivity contribution in [3.63, 3.8) is 0 Å². The maximum absolute atomic E-state index is 11.4. The van der Waals surface area contributed by atoms with Gasteiger partial charge in [-0.2, -0.15) is 0 Å². The lowest BCUT2D eigenvalue weighted by molar-refractivity contribution is 0.0512. The Bertz CT molecular complexity index is 506. The third-order valence-corrected chi connectivity index (χ3v) is 2.31. The van der Waals surface area contributed by atoms with Crippen LogP contribution in [0.2, 0.25) is 0 Å². The number of hydrogen-bond acceptors (Lipinski definition) is 6. The molecule has 0 aliphatic heterocycles. The number of nitrogens with one attached hydrogen (secondary N) is 2. The van der Waals surface area contributed by atoms with Gasteiger partial charge in [0, 0.05) is 18.3 Å². The highest BCUT2D eigenvalue weighted by molar-refractivity contribution is 5.84. The average molecular weight is 250 g/mol. The zero-order valence-electron chi connectivity index (χ0n) is 9.88. The second-order valence-electron chi connectivity index (χ2n) is 3.65. The van der Waals surface area contributed by atoms with E-state index in [0.717, 1.165) is 5.69 Å². The van der Waals surface area contributed by atoms with Crippen LogP contribution in [0.3, 0.4) is 0 Å². The smallest absolute Gasteiger partial charge is 0.378 e. The monoisotopic (exact) mass is 250 g/mol. The van der Waals surface area contributed by atoms with Gasteiger partial charge in [0.05, 0.1) is 19.0 Å². The minimum Gasteiger partial charge on any atom is -0.460 e. The molecule has 0 aromatic carbocycles. The summed E-state index contributed by atoms with van der Waals surface area (Å²) in [6.07, 6.45) is 3.78. The Labute approximate surface area is 103 Å². The van der Waals surface area contributed by atoms with Crippen molar-refractivity contribution in [2.24, 2.45) is 5.73 Å². The molecule has 2 aromatic heterocycles. The van der Waals surface area contributed by atoms with E-state index in [1.807, 2.05) is 0 Å². The van der Waals surface area contributed by atoms with Crippen LogP contribution in [0.4, 0.5) is 0 Å². The number of carbonyl (C=O) groups excluding carboxylic acids is 1. The Morgan fingerprint density at radius 1 is 1.61 bits per heavy atom. The lowest BCUT2D eigenvalue weighted by atomic mass is 10.2. The Balaban J connectivity index is 2.03. The van der Waals surface area contributed by atoms with Gasteiger partial charge < -0.3 is 15.5 Å². The molecule has 2 heterocycles. The van der Waals surface area contributed by atoms with Gasteiger partial charge in [0.2, 0.25) is 0 Å². The number of nitrogens with two attached hydrogens (primary N) is 1. The van der Waals surface area contributed by atoms with E-state index >= 15 is 0 Å². The Kier molecular flexibility index (Phi) is 3.68. The summed E-state index contributed by atoms with van der Waals surface area (Å²) < 4.78 is 4.79. The molecule has 8 nitrogen and oxygen atoms in total. The molecular weight excluding hydrogens is 236 g/mol. The Hall–Kier alpha value is -2.22. The van der Waals surface area contributed by atoms with Crippen molar-refractivity contribution in [3.8, 4) is 0 Å². The SMILES string of the molecule is CCOC(=O)c1n[nH]c([C@H](N)Cc2cnc[nH]2)n1. The molecule has 0 aliphatic rings. The molecule has 0 amide bonds. The fourth-order valence-electron chi connectivity index (χ4n) is 1.46. The zero-order chi connectivity index (χ0) is 13.0. The third-order valence-electron chi connectivity index (χ3n) is 2.31. The van der Waals surface area contributed by atoms with Gasteiger partial charge in [-0.3, -0.25) is 5.10 Å². The van der Waals surface area contributed by atoms with Crippen molar-refractivity contribution >= 4 is 5.97 Å². The number of hydrogen-bond donors (Lipinski definition) is 3. The van der Waals surface area contributed by atoms with Gasteiger partial charge in [0.25, 0.3) is 5.82 Å². The van der Waals surface area contributed by atoms with E-state index in [4.69, 9.17) is 10.5 Å². The first-order chi connectivity index (χ1) is 8.70. The van der Waals surface area contributed by atoms with E-state index in [2.05, 4.69) is 25.1 Å². The molecule has 0 spiro atoms. The molecule has 1 atom stereocenters. The zero-order valence-corrected chi connectivity index (χ0v) is 9.88. The number of carbonyl (C=O) groups is 1. The molecule has 2 aromatic rings. The molecule has 0 fully saturated rings. The first-order valence-electron chi connectivity index (χ1n) is 5.53. The summed E-state index contributed by atoms with van der Waals surface area (Å²) >= 11 is 0. The number of aromatic amines is 2. The summed E-state index contributed by atoms with van der Waals surface area (Å²) in [5, 5.41) is 6.40. The summed E-state index contributed by atoms with van der Waals surface area (Å²) in [6, 6.07) is -0.388. The molecule has 0 bridgehead atoms. The maximum atomic E-state index is 11.4. The summed E-state index contributed by atoms with van der Waals surface area (Å²) in [6.45, 7) is 2.00. The summed E-state index contributed by atoms with van der Waals surface area (Å²) in [5.41, 5.74) is 6.83. The third kappa shape index (κ3) is 2.72. The van der Waals surface area contributed by atoms with Crippen molar-refractivity contribution in [2.45, 2.75) is 19.4 Å². The predicted molar refractivity (Wildman–Crippen MR) is 61.6 cm³/mol. The lowest BCUT2D eigenvalue weighted by Gasteiger charge is -2.05. The van der Waals surface area contributed by atoms with Crippen LogP contribution in [0.25, 0.3) is 0 Å². The number of aromatic nitrogens is 5. The van der Waals surface area contributed by atoms with Crippen LogP contribution in [0.15, 0.2) is 12.5 Å². The Morgan fingerprint density at radius 3 is 3.11 bits per heavy atom. The second kappa shape index (κ2) is 5.41. The van der Waals surface area contributed by atoms with Gasteiger partial charge >= 0.3 is 5.97 Å². The van der Waals surface area contributed by atoms with Crippen LogP contribution in [0.5, 0.6) is 0 Å². The number of imidazole rings is 1. The highest BCUT2D eigenvalue weighted by atomic mass is 16.5. The normalized spacial score (nSPS) is 12.3. The van der Waals surface area contributed by atoms with Crippen LogP contribution >= 0.6 is 0 Å². The first kappa shape index (κ1) is 12.2. The molecule has 18 heavy (non-hydrogen) atoms.